The van der Waals surface area contributed by atoms with Crippen LogP contribution < -0.4 is 10.1 Å². The lowest BCUT2D eigenvalue weighted by molar-refractivity contribution is -0.112. The summed E-state index contributed by atoms with van der Waals surface area (Å²) in [5.41, 5.74) is -1.70. The van der Waals surface area contributed by atoms with E-state index in [1.165, 1.54) is 25.3 Å². The molecule has 2 aromatic rings. The van der Waals surface area contributed by atoms with Gasteiger partial charge in [-0.2, -0.15) is 5.26 Å². The predicted octanol–water partition coefficient (Wildman–Crippen LogP) is 4.90. The number of anilines is 1. The molecule has 28 heavy (non-hydrogen) atoms. The minimum Gasteiger partial charge on any atom is -0.495 e. The summed E-state index contributed by atoms with van der Waals surface area (Å²) >= 11 is 5.93. The van der Waals surface area contributed by atoms with Crippen LogP contribution in [0.5, 0.6) is 5.75 Å². The highest BCUT2D eigenvalue weighted by Gasteiger charge is 2.26. The van der Waals surface area contributed by atoms with Crippen LogP contribution in [0, 0.1) is 47.3 Å². The molecule has 4 nitrogen and oxygen atoms in total. The molecular weight excluding hydrogens is 407 g/mol. The van der Waals surface area contributed by atoms with Crippen molar-refractivity contribution in [2.24, 2.45) is 0 Å². The first kappa shape index (κ1) is 21.2. The fraction of sp³-hybridized carbons (Fsp3) is 0.111. The molecule has 0 aromatic heterocycles. The lowest BCUT2D eigenvalue weighted by Crippen LogP contribution is -2.15. The normalized spacial score (nSPS) is 11.2. The average molecular weight is 417 g/mol. The lowest BCUT2D eigenvalue weighted by atomic mass is 10.1. The van der Waals surface area contributed by atoms with Gasteiger partial charge in [-0.15, -0.1) is 0 Å². The summed E-state index contributed by atoms with van der Waals surface area (Å²) in [5.74, 6) is -12.1. The summed E-state index contributed by atoms with van der Waals surface area (Å²) in [6.07, 6.45) is 0.265. The summed E-state index contributed by atoms with van der Waals surface area (Å²) in [7, 11) is 1.28. The van der Waals surface area contributed by atoms with Crippen LogP contribution in [-0.4, -0.2) is 13.0 Å². The zero-order chi connectivity index (χ0) is 21.2. The van der Waals surface area contributed by atoms with Crippen LogP contribution in [0.15, 0.2) is 17.7 Å². The molecule has 0 fully saturated rings. The lowest BCUT2D eigenvalue weighted by Gasteiger charge is -2.12. The van der Waals surface area contributed by atoms with Crippen molar-refractivity contribution >= 4 is 29.3 Å². The van der Waals surface area contributed by atoms with Gasteiger partial charge in [0.15, 0.2) is 23.3 Å². The average Bonchev–Trinajstić information content (AvgIpc) is 2.67. The molecule has 0 aliphatic rings. The number of halogens is 6. The Balaban J connectivity index is 2.49. The van der Waals surface area contributed by atoms with E-state index in [-0.39, 0.29) is 17.5 Å². The fourth-order valence-corrected chi connectivity index (χ4v) is 2.31. The second-order valence-electron chi connectivity index (χ2n) is 5.41. The van der Waals surface area contributed by atoms with E-state index in [9.17, 15) is 26.7 Å². The zero-order valence-electron chi connectivity index (χ0n) is 14.3. The number of methoxy groups -OCH3 is 1. The predicted molar refractivity (Wildman–Crippen MR) is 91.2 cm³/mol. The standard InChI is InChI=1S/C18H10ClF5N2O2/c1-7-3-11(12(28-2)5-10(7)19)26-18(27)8(6-25)4-9-13(20)15(22)17(24)16(23)14(9)21/h3-5H,1-2H3,(H,26,27)/b8-4+. The molecule has 146 valence electrons. The first-order valence-electron chi connectivity index (χ1n) is 7.41. The van der Waals surface area contributed by atoms with Crippen molar-refractivity contribution in [2.45, 2.75) is 6.92 Å². The first-order valence-corrected chi connectivity index (χ1v) is 7.78. The van der Waals surface area contributed by atoms with Crippen LogP contribution >= 0.6 is 11.6 Å². The number of carbonyl (C=O) groups excluding carboxylic acids is 1. The zero-order valence-corrected chi connectivity index (χ0v) is 15.0. The third-order valence-electron chi connectivity index (χ3n) is 3.63. The van der Waals surface area contributed by atoms with Crippen molar-refractivity contribution in [1.82, 2.24) is 0 Å². The van der Waals surface area contributed by atoms with Crippen LogP contribution in [0.4, 0.5) is 27.6 Å². The number of rotatable bonds is 4. The van der Waals surface area contributed by atoms with Gasteiger partial charge in [0, 0.05) is 11.1 Å². The van der Waals surface area contributed by atoms with Gasteiger partial charge in [0.1, 0.15) is 17.4 Å². The summed E-state index contributed by atoms with van der Waals surface area (Å²) in [6.45, 7) is 1.62. The second-order valence-corrected chi connectivity index (χ2v) is 5.82. The molecule has 10 heteroatoms. The Bertz CT molecular complexity index is 1020. The number of carbonyl (C=O) groups is 1. The maximum absolute atomic E-state index is 13.8. The van der Waals surface area contributed by atoms with E-state index in [1.54, 1.807) is 6.92 Å². The highest BCUT2D eigenvalue weighted by atomic mass is 35.5. The number of hydrogen-bond acceptors (Lipinski definition) is 3. The van der Waals surface area contributed by atoms with Gasteiger partial charge in [0.25, 0.3) is 5.91 Å². The summed E-state index contributed by atoms with van der Waals surface area (Å²) in [5, 5.41) is 11.7. The van der Waals surface area contributed by atoms with E-state index >= 15 is 0 Å². The number of hydrogen-bond donors (Lipinski definition) is 1. The Kier molecular flexibility index (Phi) is 6.26. The number of ether oxygens (including phenoxy) is 1. The van der Waals surface area contributed by atoms with Gasteiger partial charge in [0.2, 0.25) is 5.82 Å². The Labute approximate surface area is 160 Å². The molecule has 0 aliphatic carbocycles. The third kappa shape index (κ3) is 3.92. The van der Waals surface area contributed by atoms with Crippen LogP contribution in [0.25, 0.3) is 6.08 Å². The van der Waals surface area contributed by atoms with Gasteiger partial charge in [-0.1, -0.05) is 11.6 Å². The highest BCUT2D eigenvalue weighted by Crippen LogP contribution is 2.31. The van der Waals surface area contributed by atoms with Gasteiger partial charge < -0.3 is 10.1 Å². The van der Waals surface area contributed by atoms with E-state index < -0.39 is 46.1 Å². The number of nitriles is 1. The molecule has 2 aromatic carbocycles. The molecule has 0 aliphatic heterocycles. The molecule has 1 N–H and O–H groups in total. The summed E-state index contributed by atoms with van der Waals surface area (Å²) < 4.78 is 72.2. The summed E-state index contributed by atoms with van der Waals surface area (Å²) in [6, 6.07) is 4.14. The van der Waals surface area contributed by atoms with E-state index in [1.807, 2.05) is 0 Å². The smallest absolute Gasteiger partial charge is 0.266 e. The van der Waals surface area contributed by atoms with Crippen LogP contribution in [-0.2, 0) is 4.79 Å². The largest absolute Gasteiger partial charge is 0.495 e. The van der Waals surface area contributed by atoms with Crippen molar-refractivity contribution in [2.75, 3.05) is 12.4 Å². The van der Waals surface area contributed by atoms with Crippen LogP contribution in [0.2, 0.25) is 5.02 Å². The molecule has 0 heterocycles. The van der Waals surface area contributed by atoms with E-state index in [0.717, 1.165) is 0 Å². The maximum Gasteiger partial charge on any atom is 0.266 e. The van der Waals surface area contributed by atoms with Crippen molar-refractivity contribution in [1.29, 1.82) is 5.26 Å². The van der Waals surface area contributed by atoms with Gasteiger partial charge in [0.05, 0.1) is 18.4 Å². The van der Waals surface area contributed by atoms with Gasteiger partial charge in [-0.3, -0.25) is 4.79 Å². The van der Waals surface area contributed by atoms with Gasteiger partial charge in [-0.25, -0.2) is 22.0 Å². The number of nitrogens with zero attached hydrogens (tertiary/aromatic N) is 1. The SMILES string of the molecule is COc1cc(Cl)c(C)cc1NC(=O)/C(C#N)=C/c1c(F)c(F)c(F)c(F)c1F. The quantitative estimate of drug-likeness (QED) is 0.253. The van der Waals surface area contributed by atoms with Crippen LogP contribution in [0.3, 0.4) is 0 Å². The van der Waals surface area contributed by atoms with E-state index in [0.29, 0.717) is 10.6 Å². The van der Waals surface area contributed by atoms with Crippen LogP contribution in [0.1, 0.15) is 11.1 Å². The highest BCUT2D eigenvalue weighted by molar-refractivity contribution is 6.31. The number of aryl methyl sites for hydroxylation is 1. The summed E-state index contributed by atoms with van der Waals surface area (Å²) in [4.78, 5) is 12.3. The number of nitrogens with one attached hydrogen (secondary N) is 1. The van der Waals surface area contributed by atoms with Gasteiger partial charge in [-0.05, 0) is 24.6 Å². The molecule has 0 saturated carbocycles. The maximum atomic E-state index is 13.8. The molecule has 2 rings (SSSR count). The minimum atomic E-state index is -2.35. The van der Waals surface area contributed by atoms with E-state index in [2.05, 4.69) is 5.32 Å². The van der Waals surface area contributed by atoms with Crippen molar-refractivity contribution in [3.63, 3.8) is 0 Å². The topological polar surface area (TPSA) is 62.1 Å². The third-order valence-corrected chi connectivity index (χ3v) is 4.03. The molecule has 0 bridgehead atoms. The fourth-order valence-electron chi connectivity index (χ4n) is 2.16. The Morgan fingerprint density at radius 1 is 1.11 bits per heavy atom. The Morgan fingerprint density at radius 3 is 2.14 bits per heavy atom. The second kappa shape index (κ2) is 8.27. The minimum absolute atomic E-state index is 0.0768. The molecule has 0 radical (unpaired) electrons. The molecule has 0 spiro atoms. The molecule has 0 atom stereocenters. The Hall–Kier alpha value is -3.12. The molecular formula is C18H10ClF5N2O2. The molecule has 0 unspecified atom stereocenters. The molecule has 0 saturated heterocycles. The molecule has 1 amide bonds. The number of benzene rings is 2. The van der Waals surface area contributed by atoms with E-state index in [4.69, 9.17) is 21.6 Å². The monoisotopic (exact) mass is 416 g/mol. The van der Waals surface area contributed by atoms with Crippen molar-refractivity contribution in [3.05, 3.63) is 62.9 Å². The van der Waals surface area contributed by atoms with Gasteiger partial charge >= 0.3 is 0 Å². The Morgan fingerprint density at radius 2 is 1.64 bits per heavy atom. The first-order chi connectivity index (χ1) is 13.1. The van der Waals surface area contributed by atoms with Crippen molar-refractivity contribution < 1.29 is 31.5 Å². The number of amides is 1. The van der Waals surface area contributed by atoms with Crippen molar-refractivity contribution in [3.8, 4) is 11.8 Å².